The van der Waals surface area contributed by atoms with Gasteiger partial charge >= 0.3 is 0 Å². The number of nitrogens with one attached hydrogen (secondary N) is 2. The summed E-state index contributed by atoms with van der Waals surface area (Å²) in [5.74, 6) is 3.51. The highest BCUT2D eigenvalue weighted by molar-refractivity contribution is 5.57. The van der Waals surface area contributed by atoms with Crippen LogP contribution in [0.3, 0.4) is 0 Å². The summed E-state index contributed by atoms with van der Waals surface area (Å²) in [6.45, 7) is 3.76. The van der Waals surface area contributed by atoms with Gasteiger partial charge in [0.25, 0.3) is 0 Å². The van der Waals surface area contributed by atoms with Gasteiger partial charge in [0.05, 0.1) is 0 Å². The average molecular weight is 262 g/mol. The molecule has 0 aromatic carbocycles. The number of nitrogens with zero attached hydrogens (tertiary/aromatic N) is 2. The van der Waals surface area contributed by atoms with E-state index in [0.717, 1.165) is 49.1 Å². The second-order valence-corrected chi connectivity index (χ2v) is 5.46. The van der Waals surface area contributed by atoms with E-state index in [0.29, 0.717) is 12.0 Å². The molecule has 1 aromatic rings. The van der Waals surface area contributed by atoms with E-state index in [2.05, 4.69) is 22.5 Å². The zero-order chi connectivity index (χ0) is 13.2. The monoisotopic (exact) mass is 262 g/mol. The third-order valence-corrected chi connectivity index (χ3v) is 3.90. The predicted molar refractivity (Wildman–Crippen MR) is 75.8 cm³/mol. The van der Waals surface area contributed by atoms with Crippen LogP contribution < -0.4 is 10.6 Å². The third kappa shape index (κ3) is 2.81. The van der Waals surface area contributed by atoms with Gasteiger partial charge in [-0.15, -0.1) is 0 Å². The van der Waals surface area contributed by atoms with Crippen molar-refractivity contribution in [3.8, 4) is 0 Å². The van der Waals surface area contributed by atoms with Crippen LogP contribution in [0.15, 0.2) is 0 Å². The van der Waals surface area contributed by atoms with E-state index in [1.165, 1.54) is 12.8 Å². The lowest BCUT2D eigenvalue weighted by Gasteiger charge is -2.25. The fourth-order valence-electron chi connectivity index (χ4n) is 2.48. The molecule has 1 saturated carbocycles. The van der Waals surface area contributed by atoms with Crippen molar-refractivity contribution in [1.29, 1.82) is 0 Å². The molecule has 0 bridgehead atoms. The Morgan fingerprint density at radius 1 is 1.05 bits per heavy atom. The molecule has 1 aliphatic heterocycles. The van der Waals surface area contributed by atoms with Crippen molar-refractivity contribution in [3.63, 3.8) is 0 Å². The Kier molecular flexibility index (Phi) is 3.55. The maximum Gasteiger partial charge on any atom is 0.136 e. The molecule has 19 heavy (non-hydrogen) atoms. The maximum absolute atomic E-state index is 5.40. The van der Waals surface area contributed by atoms with Crippen molar-refractivity contribution < 1.29 is 4.74 Å². The first kappa shape index (κ1) is 12.7. The summed E-state index contributed by atoms with van der Waals surface area (Å²) in [4.78, 5) is 9.35. The number of anilines is 2. The molecule has 2 N–H and O–H groups in total. The summed E-state index contributed by atoms with van der Waals surface area (Å²) in [5.41, 5.74) is 1.11. The first-order valence-electron chi connectivity index (χ1n) is 7.18. The lowest BCUT2D eigenvalue weighted by molar-refractivity contribution is 0.0903. The van der Waals surface area contributed by atoms with Crippen molar-refractivity contribution in [1.82, 2.24) is 9.97 Å². The number of aromatic nitrogens is 2. The summed E-state index contributed by atoms with van der Waals surface area (Å²) in [6, 6.07) is 0.471. The van der Waals surface area contributed by atoms with Crippen LogP contribution in [0.1, 0.15) is 43.0 Å². The first-order chi connectivity index (χ1) is 9.28. The molecule has 0 radical (unpaired) electrons. The number of rotatable bonds is 4. The van der Waals surface area contributed by atoms with Crippen LogP contribution in [-0.4, -0.2) is 36.3 Å². The smallest absolute Gasteiger partial charge is 0.136 e. The van der Waals surface area contributed by atoms with Gasteiger partial charge in [0.1, 0.15) is 17.5 Å². The van der Waals surface area contributed by atoms with Crippen molar-refractivity contribution in [2.24, 2.45) is 0 Å². The lowest BCUT2D eigenvalue weighted by atomic mass is 10.1. The summed E-state index contributed by atoms with van der Waals surface area (Å²) >= 11 is 0. The van der Waals surface area contributed by atoms with E-state index in [9.17, 15) is 0 Å². The molecule has 1 aromatic heterocycles. The van der Waals surface area contributed by atoms with E-state index in [-0.39, 0.29) is 0 Å². The highest BCUT2D eigenvalue weighted by atomic mass is 16.5. The van der Waals surface area contributed by atoms with Gasteiger partial charge in [0, 0.05) is 37.8 Å². The normalized spacial score (nSPS) is 20.3. The van der Waals surface area contributed by atoms with E-state index in [1.807, 2.05) is 7.05 Å². The summed E-state index contributed by atoms with van der Waals surface area (Å²) in [6.07, 6.45) is 4.56. The standard InChI is InChI=1S/C14H22N4O/c1-9-12(15-2)17-14(10-3-4-10)18-13(9)16-11-5-7-19-8-6-11/h10-11H,3-8H2,1-2H3,(H2,15,16,17,18). The second kappa shape index (κ2) is 5.33. The highest BCUT2D eigenvalue weighted by Gasteiger charge is 2.28. The molecule has 0 unspecified atom stereocenters. The minimum absolute atomic E-state index is 0.471. The van der Waals surface area contributed by atoms with Crippen LogP contribution in [0.25, 0.3) is 0 Å². The molecule has 3 rings (SSSR count). The Hall–Kier alpha value is -1.36. The van der Waals surface area contributed by atoms with Gasteiger partial charge in [-0.05, 0) is 32.6 Å². The molecule has 2 heterocycles. The molecule has 0 amide bonds. The molecule has 104 valence electrons. The molecule has 5 nitrogen and oxygen atoms in total. The third-order valence-electron chi connectivity index (χ3n) is 3.90. The Morgan fingerprint density at radius 2 is 1.74 bits per heavy atom. The minimum atomic E-state index is 0.471. The maximum atomic E-state index is 5.40. The Balaban J connectivity index is 1.83. The summed E-state index contributed by atoms with van der Waals surface area (Å²) in [5, 5.41) is 6.76. The molecule has 2 aliphatic rings. The van der Waals surface area contributed by atoms with Gasteiger partial charge < -0.3 is 15.4 Å². The van der Waals surface area contributed by atoms with Crippen molar-refractivity contribution in [2.75, 3.05) is 30.9 Å². The van der Waals surface area contributed by atoms with E-state index >= 15 is 0 Å². The summed E-state index contributed by atoms with van der Waals surface area (Å²) in [7, 11) is 1.92. The van der Waals surface area contributed by atoms with E-state index in [1.54, 1.807) is 0 Å². The molecule has 0 atom stereocenters. The van der Waals surface area contributed by atoms with Gasteiger partial charge in [-0.3, -0.25) is 0 Å². The fourth-order valence-corrected chi connectivity index (χ4v) is 2.48. The molecular weight excluding hydrogens is 240 g/mol. The fraction of sp³-hybridized carbons (Fsp3) is 0.714. The van der Waals surface area contributed by atoms with Crippen LogP contribution in [0.5, 0.6) is 0 Å². The average Bonchev–Trinajstić information content (AvgIpc) is 3.27. The van der Waals surface area contributed by atoms with E-state index in [4.69, 9.17) is 9.72 Å². The SMILES string of the molecule is CNc1nc(C2CC2)nc(NC2CCOCC2)c1C. The van der Waals surface area contributed by atoms with Crippen LogP contribution >= 0.6 is 0 Å². The van der Waals surface area contributed by atoms with Crippen molar-refractivity contribution in [2.45, 2.75) is 44.6 Å². The largest absolute Gasteiger partial charge is 0.381 e. The molecule has 1 aliphatic carbocycles. The Morgan fingerprint density at radius 3 is 2.37 bits per heavy atom. The van der Waals surface area contributed by atoms with Gasteiger partial charge in [-0.1, -0.05) is 0 Å². The van der Waals surface area contributed by atoms with Crippen molar-refractivity contribution in [3.05, 3.63) is 11.4 Å². The Labute approximate surface area is 114 Å². The number of hydrogen-bond acceptors (Lipinski definition) is 5. The van der Waals surface area contributed by atoms with Gasteiger partial charge in [-0.25, -0.2) is 9.97 Å². The van der Waals surface area contributed by atoms with Crippen molar-refractivity contribution >= 4 is 11.6 Å². The molecule has 2 fully saturated rings. The lowest BCUT2D eigenvalue weighted by Crippen LogP contribution is -2.29. The van der Waals surface area contributed by atoms with Crippen LogP contribution in [0.2, 0.25) is 0 Å². The quantitative estimate of drug-likeness (QED) is 0.872. The zero-order valence-electron chi connectivity index (χ0n) is 11.7. The molecule has 1 saturated heterocycles. The topological polar surface area (TPSA) is 59.1 Å². The van der Waals surface area contributed by atoms with Gasteiger partial charge in [-0.2, -0.15) is 0 Å². The van der Waals surface area contributed by atoms with E-state index < -0.39 is 0 Å². The molecular formula is C14H22N4O. The van der Waals surface area contributed by atoms with Crippen LogP contribution in [0.4, 0.5) is 11.6 Å². The molecule has 5 heteroatoms. The number of ether oxygens (including phenoxy) is 1. The van der Waals surface area contributed by atoms with Crippen LogP contribution in [-0.2, 0) is 4.74 Å². The minimum Gasteiger partial charge on any atom is -0.381 e. The Bertz CT molecular complexity index is 453. The zero-order valence-corrected chi connectivity index (χ0v) is 11.7. The predicted octanol–water partition coefficient (Wildman–Crippen LogP) is 2.30. The molecule has 0 spiro atoms. The first-order valence-corrected chi connectivity index (χ1v) is 7.18. The highest BCUT2D eigenvalue weighted by Crippen LogP contribution is 2.39. The van der Waals surface area contributed by atoms with Crippen LogP contribution in [0, 0.1) is 6.92 Å². The second-order valence-electron chi connectivity index (χ2n) is 5.46. The van der Waals surface area contributed by atoms with Gasteiger partial charge in [0.2, 0.25) is 0 Å². The van der Waals surface area contributed by atoms with Gasteiger partial charge in [0.15, 0.2) is 0 Å². The number of hydrogen-bond donors (Lipinski definition) is 2. The summed E-state index contributed by atoms with van der Waals surface area (Å²) < 4.78 is 5.40.